The summed E-state index contributed by atoms with van der Waals surface area (Å²) in [6.45, 7) is 4.48. The first kappa shape index (κ1) is 20.3. The molecule has 2 heterocycles. The van der Waals surface area contributed by atoms with Gasteiger partial charge in [0, 0.05) is 12.2 Å². The Labute approximate surface area is 176 Å². The molecule has 3 rings (SSSR count). The summed E-state index contributed by atoms with van der Waals surface area (Å²) < 4.78 is 2.79. The van der Waals surface area contributed by atoms with Crippen molar-refractivity contribution in [3.8, 4) is 5.69 Å². The number of benzene rings is 1. The number of carbonyl (C=O) groups excluding carboxylic acids is 2. The molecule has 0 spiro atoms. The van der Waals surface area contributed by atoms with Gasteiger partial charge in [-0.1, -0.05) is 12.1 Å². The summed E-state index contributed by atoms with van der Waals surface area (Å²) in [5, 5.41) is 9.92. The number of halogens is 1. The molecule has 8 heteroatoms. The fourth-order valence-corrected chi connectivity index (χ4v) is 4.09. The summed E-state index contributed by atoms with van der Waals surface area (Å²) in [6.07, 6.45) is 0.717. The van der Waals surface area contributed by atoms with Crippen LogP contribution < -0.4 is 10.6 Å². The van der Waals surface area contributed by atoms with Crippen LogP contribution in [0.5, 0.6) is 0 Å². The Bertz CT molecular complexity index is 979. The SMILES string of the molecule is Cc1cc(C)n(-c2ccc(CCNC(=O)CNC(=O)c3ccc(Br)s3)cc2)n1. The zero-order valence-electron chi connectivity index (χ0n) is 15.7. The quantitative estimate of drug-likeness (QED) is 0.567. The van der Waals surface area contributed by atoms with Gasteiger partial charge in [-0.2, -0.15) is 5.10 Å². The van der Waals surface area contributed by atoms with Crippen molar-refractivity contribution in [1.29, 1.82) is 0 Å². The standard InChI is InChI=1S/C20H21BrN4O2S/c1-13-11-14(2)25(24-13)16-5-3-15(4-6-16)9-10-22-19(26)12-23-20(27)17-7-8-18(21)28-17/h3-8,11H,9-10,12H2,1-2H3,(H,22,26)(H,23,27). The van der Waals surface area contributed by atoms with Gasteiger partial charge in [0.1, 0.15) is 0 Å². The third-order valence-corrected chi connectivity index (χ3v) is 5.76. The number of carbonyl (C=O) groups is 2. The Morgan fingerprint density at radius 3 is 2.46 bits per heavy atom. The monoisotopic (exact) mass is 460 g/mol. The van der Waals surface area contributed by atoms with E-state index in [4.69, 9.17) is 0 Å². The van der Waals surface area contributed by atoms with Crippen LogP contribution in [-0.2, 0) is 11.2 Å². The molecule has 2 aromatic heterocycles. The number of aryl methyl sites for hydroxylation is 2. The van der Waals surface area contributed by atoms with Crippen LogP contribution in [0, 0.1) is 13.8 Å². The van der Waals surface area contributed by atoms with Gasteiger partial charge in [0.05, 0.1) is 26.6 Å². The van der Waals surface area contributed by atoms with E-state index in [0.717, 1.165) is 32.8 Å². The van der Waals surface area contributed by atoms with Crippen molar-refractivity contribution in [1.82, 2.24) is 20.4 Å². The van der Waals surface area contributed by atoms with Crippen LogP contribution in [0.1, 0.15) is 26.6 Å². The Morgan fingerprint density at radius 1 is 1.11 bits per heavy atom. The number of nitrogens with one attached hydrogen (secondary N) is 2. The van der Waals surface area contributed by atoms with Gasteiger partial charge in [-0.15, -0.1) is 11.3 Å². The molecular weight excluding hydrogens is 440 g/mol. The molecule has 1 aromatic carbocycles. The van der Waals surface area contributed by atoms with E-state index in [0.29, 0.717) is 11.4 Å². The summed E-state index contributed by atoms with van der Waals surface area (Å²) in [5.74, 6) is -0.450. The number of rotatable bonds is 7. The van der Waals surface area contributed by atoms with Crippen LogP contribution in [0.3, 0.4) is 0 Å². The van der Waals surface area contributed by atoms with Gasteiger partial charge in [-0.25, -0.2) is 4.68 Å². The normalized spacial score (nSPS) is 10.7. The molecule has 0 fully saturated rings. The third-order valence-electron chi connectivity index (χ3n) is 4.13. The molecule has 146 valence electrons. The maximum Gasteiger partial charge on any atom is 0.261 e. The first-order chi connectivity index (χ1) is 13.4. The second-order valence-electron chi connectivity index (χ2n) is 6.39. The summed E-state index contributed by atoms with van der Waals surface area (Å²) in [5.41, 5.74) is 4.22. The van der Waals surface area contributed by atoms with E-state index >= 15 is 0 Å². The Hall–Kier alpha value is -2.45. The van der Waals surface area contributed by atoms with Crippen molar-refractivity contribution in [3.05, 3.63) is 68.1 Å². The summed E-state index contributed by atoms with van der Waals surface area (Å²) in [7, 11) is 0. The lowest BCUT2D eigenvalue weighted by atomic mass is 10.1. The fraction of sp³-hybridized carbons (Fsp3) is 0.250. The van der Waals surface area contributed by atoms with Crippen LogP contribution >= 0.6 is 27.3 Å². The van der Waals surface area contributed by atoms with Gasteiger partial charge >= 0.3 is 0 Å². The van der Waals surface area contributed by atoms with Crippen molar-refractivity contribution in [3.63, 3.8) is 0 Å². The molecule has 0 saturated carbocycles. The number of thiophene rings is 1. The highest BCUT2D eigenvalue weighted by Crippen LogP contribution is 2.21. The largest absolute Gasteiger partial charge is 0.354 e. The van der Waals surface area contributed by atoms with Gasteiger partial charge in [0.25, 0.3) is 5.91 Å². The van der Waals surface area contributed by atoms with Gasteiger partial charge in [0.15, 0.2) is 0 Å². The van der Waals surface area contributed by atoms with Crippen LogP contribution in [0.15, 0.2) is 46.3 Å². The number of aromatic nitrogens is 2. The van der Waals surface area contributed by atoms with E-state index < -0.39 is 0 Å². The zero-order chi connectivity index (χ0) is 20.1. The van der Waals surface area contributed by atoms with E-state index in [9.17, 15) is 9.59 Å². The van der Waals surface area contributed by atoms with Gasteiger partial charge in [-0.3, -0.25) is 9.59 Å². The fourth-order valence-electron chi connectivity index (χ4n) is 2.79. The topological polar surface area (TPSA) is 76.0 Å². The van der Waals surface area contributed by atoms with E-state index in [1.165, 1.54) is 11.3 Å². The van der Waals surface area contributed by atoms with Gasteiger partial charge in [-0.05, 0) is 72.1 Å². The molecule has 3 aromatic rings. The average molecular weight is 461 g/mol. The maximum absolute atomic E-state index is 11.9. The molecule has 0 saturated heterocycles. The van der Waals surface area contributed by atoms with Crippen molar-refractivity contribution in [2.24, 2.45) is 0 Å². The third kappa shape index (κ3) is 5.30. The summed E-state index contributed by atoms with van der Waals surface area (Å²) in [6, 6.07) is 13.7. The first-order valence-corrected chi connectivity index (χ1v) is 10.5. The van der Waals surface area contributed by atoms with Crippen LogP contribution in [0.25, 0.3) is 5.69 Å². The predicted molar refractivity (Wildman–Crippen MR) is 114 cm³/mol. The lowest BCUT2D eigenvalue weighted by Crippen LogP contribution is -2.37. The van der Waals surface area contributed by atoms with Gasteiger partial charge < -0.3 is 10.6 Å². The molecule has 0 unspecified atom stereocenters. The highest BCUT2D eigenvalue weighted by molar-refractivity contribution is 9.11. The average Bonchev–Trinajstić information content (AvgIpc) is 3.25. The Kier molecular flexibility index (Phi) is 6.64. The van der Waals surface area contributed by atoms with Crippen LogP contribution in [0.4, 0.5) is 0 Å². The van der Waals surface area contributed by atoms with Crippen molar-refractivity contribution in [2.75, 3.05) is 13.1 Å². The lowest BCUT2D eigenvalue weighted by Gasteiger charge is -2.08. The minimum atomic E-state index is -0.245. The summed E-state index contributed by atoms with van der Waals surface area (Å²) in [4.78, 5) is 24.4. The molecule has 0 atom stereocenters. The van der Waals surface area contributed by atoms with Gasteiger partial charge in [0.2, 0.25) is 5.91 Å². The summed E-state index contributed by atoms with van der Waals surface area (Å²) >= 11 is 4.64. The molecule has 0 aliphatic heterocycles. The van der Waals surface area contributed by atoms with E-state index in [1.54, 1.807) is 12.1 Å². The van der Waals surface area contributed by atoms with Crippen molar-refractivity contribution in [2.45, 2.75) is 20.3 Å². The first-order valence-electron chi connectivity index (χ1n) is 8.85. The van der Waals surface area contributed by atoms with E-state index in [-0.39, 0.29) is 18.4 Å². The second kappa shape index (κ2) is 9.16. The Balaban J connectivity index is 1.42. The van der Waals surface area contributed by atoms with Crippen molar-refractivity contribution < 1.29 is 9.59 Å². The lowest BCUT2D eigenvalue weighted by molar-refractivity contribution is -0.120. The molecule has 28 heavy (non-hydrogen) atoms. The zero-order valence-corrected chi connectivity index (χ0v) is 18.1. The molecule has 2 amide bonds. The molecule has 0 aliphatic rings. The smallest absolute Gasteiger partial charge is 0.261 e. The number of hydrogen-bond acceptors (Lipinski definition) is 4. The predicted octanol–water partition coefficient (Wildman–Crippen LogP) is 3.40. The molecule has 2 N–H and O–H groups in total. The molecule has 0 radical (unpaired) electrons. The number of hydrogen-bond donors (Lipinski definition) is 2. The Morgan fingerprint density at radius 2 is 1.86 bits per heavy atom. The van der Waals surface area contributed by atoms with E-state index in [1.807, 2.05) is 48.9 Å². The van der Waals surface area contributed by atoms with E-state index in [2.05, 4.69) is 31.7 Å². The molecule has 6 nitrogen and oxygen atoms in total. The number of amides is 2. The second-order valence-corrected chi connectivity index (χ2v) is 8.85. The van der Waals surface area contributed by atoms with Crippen LogP contribution in [0.2, 0.25) is 0 Å². The molecule has 0 bridgehead atoms. The minimum Gasteiger partial charge on any atom is -0.354 e. The minimum absolute atomic E-state index is 0.0365. The number of nitrogens with zero attached hydrogens (tertiary/aromatic N) is 2. The molecular formula is C20H21BrN4O2S. The highest BCUT2D eigenvalue weighted by atomic mass is 79.9. The van der Waals surface area contributed by atoms with Crippen molar-refractivity contribution >= 4 is 39.1 Å². The van der Waals surface area contributed by atoms with Crippen LogP contribution in [-0.4, -0.2) is 34.7 Å². The maximum atomic E-state index is 11.9. The highest BCUT2D eigenvalue weighted by Gasteiger charge is 2.10. The molecule has 0 aliphatic carbocycles.